The number of rotatable bonds is 5. The van der Waals surface area contributed by atoms with Crippen LogP contribution in [0.4, 0.5) is 11.4 Å². The molecule has 7 heteroatoms. The molecule has 3 fully saturated rings. The molecule has 2 heterocycles. The van der Waals surface area contributed by atoms with Crippen molar-refractivity contribution in [2.45, 2.75) is 57.5 Å². The van der Waals surface area contributed by atoms with Crippen molar-refractivity contribution in [2.75, 3.05) is 31.1 Å². The molecule has 4 rings (SSSR count). The molecule has 2 aliphatic heterocycles. The van der Waals surface area contributed by atoms with E-state index in [0.717, 1.165) is 57.9 Å². The number of likely N-dealkylation sites (tertiary alicyclic amines) is 1. The summed E-state index contributed by atoms with van der Waals surface area (Å²) in [7, 11) is 0. The van der Waals surface area contributed by atoms with Crippen LogP contribution >= 0.6 is 0 Å². The van der Waals surface area contributed by atoms with E-state index in [2.05, 4.69) is 22.0 Å². The second-order valence-electron chi connectivity index (χ2n) is 8.67. The number of piperidine rings is 2. The Hall–Kier alpha value is -2.15. The van der Waals surface area contributed by atoms with Crippen molar-refractivity contribution in [1.29, 1.82) is 0 Å². The maximum Gasteiger partial charge on any atom is 0.293 e. The van der Waals surface area contributed by atoms with E-state index >= 15 is 0 Å². The number of nitro benzene ring substituents is 1. The molecule has 1 aliphatic carbocycles. The molecule has 0 bridgehead atoms. The van der Waals surface area contributed by atoms with Gasteiger partial charge in [-0.25, -0.2) is 0 Å². The summed E-state index contributed by atoms with van der Waals surface area (Å²) >= 11 is 0. The summed E-state index contributed by atoms with van der Waals surface area (Å²) in [6.45, 7) is 5.89. The molecule has 1 saturated carbocycles. The van der Waals surface area contributed by atoms with Gasteiger partial charge in [-0.15, -0.1) is 0 Å². The van der Waals surface area contributed by atoms with Gasteiger partial charge in [0.2, 0.25) is 0 Å². The van der Waals surface area contributed by atoms with E-state index in [9.17, 15) is 14.9 Å². The van der Waals surface area contributed by atoms with E-state index < -0.39 is 0 Å². The predicted molar refractivity (Wildman–Crippen MR) is 109 cm³/mol. The van der Waals surface area contributed by atoms with Crippen molar-refractivity contribution in [3.05, 3.63) is 33.9 Å². The van der Waals surface area contributed by atoms with E-state index in [1.807, 2.05) is 0 Å². The average Bonchev–Trinajstić information content (AvgIpc) is 3.53. The molecule has 0 radical (unpaired) electrons. The number of amides is 1. The van der Waals surface area contributed by atoms with Crippen molar-refractivity contribution in [2.24, 2.45) is 5.92 Å². The van der Waals surface area contributed by atoms with Crippen molar-refractivity contribution in [1.82, 2.24) is 10.2 Å². The Labute approximate surface area is 166 Å². The fraction of sp³-hybridized carbons (Fsp3) is 0.667. The zero-order chi connectivity index (χ0) is 19.7. The number of nitro groups is 1. The molecule has 1 amide bonds. The number of carbonyl (C=O) groups excluding carboxylic acids is 1. The lowest BCUT2D eigenvalue weighted by molar-refractivity contribution is -0.384. The zero-order valence-electron chi connectivity index (χ0n) is 16.6. The first-order valence-corrected chi connectivity index (χ1v) is 10.6. The molecule has 1 aromatic rings. The van der Waals surface area contributed by atoms with Crippen LogP contribution in [0.2, 0.25) is 0 Å². The standard InChI is InChI=1S/C21H30N4O3/c1-15-3-2-10-24(14-15)19-7-4-16(13-20(19)25(27)28)21(26)22-17-8-11-23(12-9-17)18-5-6-18/h4,7,13,15,17-18H,2-3,5-6,8-12,14H2,1H3,(H,22,26)/t15-/m1/s1. The lowest BCUT2D eigenvalue weighted by Crippen LogP contribution is -2.45. The van der Waals surface area contributed by atoms with E-state index in [4.69, 9.17) is 0 Å². The van der Waals surface area contributed by atoms with E-state index in [1.54, 1.807) is 12.1 Å². The normalized spacial score (nSPS) is 24.2. The van der Waals surface area contributed by atoms with Crippen LogP contribution in [-0.2, 0) is 0 Å². The lowest BCUT2D eigenvalue weighted by atomic mass is 9.99. The Balaban J connectivity index is 1.43. The van der Waals surface area contributed by atoms with Crippen LogP contribution in [0.3, 0.4) is 0 Å². The quantitative estimate of drug-likeness (QED) is 0.621. The maximum atomic E-state index is 12.7. The summed E-state index contributed by atoms with van der Waals surface area (Å²) in [6.07, 6.45) is 6.72. The van der Waals surface area contributed by atoms with Crippen molar-refractivity contribution in [3.63, 3.8) is 0 Å². The molecule has 7 nitrogen and oxygen atoms in total. The molecule has 3 aliphatic rings. The highest BCUT2D eigenvalue weighted by Crippen LogP contribution is 2.33. The first-order valence-electron chi connectivity index (χ1n) is 10.6. The Morgan fingerprint density at radius 3 is 2.54 bits per heavy atom. The van der Waals surface area contributed by atoms with Gasteiger partial charge in [-0.1, -0.05) is 6.92 Å². The van der Waals surface area contributed by atoms with Gasteiger partial charge in [0.15, 0.2) is 0 Å². The largest absolute Gasteiger partial charge is 0.366 e. The summed E-state index contributed by atoms with van der Waals surface area (Å²) in [5.41, 5.74) is 1.04. The molecule has 1 N–H and O–H groups in total. The number of benzene rings is 1. The lowest BCUT2D eigenvalue weighted by Gasteiger charge is -2.33. The summed E-state index contributed by atoms with van der Waals surface area (Å²) in [5, 5.41) is 14.7. The SMILES string of the molecule is C[C@@H]1CCCN(c2ccc(C(=O)NC3CCN(C4CC4)CC3)cc2[N+](=O)[O-])C1. The third kappa shape index (κ3) is 4.29. The Kier molecular flexibility index (Phi) is 5.53. The van der Waals surface area contributed by atoms with Gasteiger partial charge in [-0.3, -0.25) is 14.9 Å². The van der Waals surface area contributed by atoms with Crippen molar-refractivity contribution < 1.29 is 9.72 Å². The number of carbonyl (C=O) groups is 1. The highest BCUT2D eigenvalue weighted by Gasteiger charge is 2.32. The van der Waals surface area contributed by atoms with Gasteiger partial charge < -0.3 is 15.1 Å². The second-order valence-corrected chi connectivity index (χ2v) is 8.67. The predicted octanol–water partition coefficient (Wildman–Crippen LogP) is 3.19. The van der Waals surface area contributed by atoms with E-state index in [1.165, 1.54) is 18.9 Å². The molecular formula is C21H30N4O3. The van der Waals surface area contributed by atoms with Crippen LogP contribution in [0.25, 0.3) is 0 Å². The van der Waals surface area contributed by atoms with Gasteiger partial charge in [0.05, 0.1) is 4.92 Å². The smallest absolute Gasteiger partial charge is 0.293 e. The van der Waals surface area contributed by atoms with Gasteiger partial charge >= 0.3 is 0 Å². The third-order valence-corrected chi connectivity index (χ3v) is 6.36. The summed E-state index contributed by atoms with van der Waals surface area (Å²) < 4.78 is 0. The van der Waals surface area contributed by atoms with Gasteiger partial charge in [-0.05, 0) is 56.6 Å². The van der Waals surface area contributed by atoms with Crippen molar-refractivity contribution >= 4 is 17.3 Å². The molecule has 0 aromatic heterocycles. The monoisotopic (exact) mass is 386 g/mol. The molecule has 28 heavy (non-hydrogen) atoms. The van der Waals surface area contributed by atoms with Gasteiger partial charge in [0.25, 0.3) is 11.6 Å². The summed E-state index contributed by atoms with van der Waals surface area (Å²) in [4.78, 5) is 28.6. The Morgan fingerprint density at radius 1 is 1.14 bits per heavy atom. The van der Waals surface area contributed by atoms with Crippen LogP contribution in [0, 0.1) is 16.0 Å². The minimum Gasteiger partial charge on any atom is -0.366 e. The number of nitrogens with one attached hydrogen (secondary N) is 1. The fourth-order valence-corrected chi connectivity index (χ4v) is 4.60. The van der Waals surface area contributed by atoms with Crippen LogP contribution in [-0.4, -0.2) is 54.0 Å². The number of anilines is 1. The van der Waals surface area contributed by atoms with Crippen molar-refractivity contribution in [3.8, 4) is 0 Å². The Bertz CT molecular complexity index is 741. The highest BCUT2D eigenvalue weighted by atomic mass is 16.6. The topological polar surface area (TPSA) is 78.7 Å². The molecule has 1 atom stereocenters. The molecule has 0 spiro atoms. The van der Waals surface area contributed by atoms with Gasteiger partial charge in [0.1, 0.15) is 5.69 Å². The third-order valence-electron chi connectivity index (χ3n) is 6.36. The maximum absolute atomic E-state index is 12.7. The zero-order valence-corrected chi connectivity index (χ0v) is 16.6. The van der Waals surface area contributed by atoms with Gasteiger partial charge in [-0.2, -0.15) is 0 Å². The summed E-state index contributed by atoms with van der Waals surface area (Å²) in [6, 6.07) is 5.86. The second kappa shape index (κ2) is 8.07. The van der Waals surface area contributed by atoms with Crippen LogP contribution in [0.5, 0.6) is 0 Å². The molecular weight excluding hydrogens is 356 g/mol. The molecule has 152 valence electrons. The summed E-state index contributed by atoms with van der Waals surface area (Å²) in [5.74, 6) is 0.323. The number of nitrogens with zero attached hydrogens (tertiary/aromatic N) is 3. The number of hydrogen-bond acceptors (Lipinski definition) is 5. The number of hydrogen-bond donors (Lipinski definition) is 1. The van der Waals surface area contributed by atoms with Crippen LogP contribution < -0.4 is 10.2 Å². The fourth-order valence-electron chi connectivity index (χ4n) is 4.60. The molecule has 1 aromatic carbocycles. The minimum absolute atomic E-state index is 0.0327. The first-order chi connectivity index (χ1) is 13.5. The minimum atomic E-state index is -0.362. The average molecular weight is 386 g/mol. The molecule has 2 saturated heterocycles. The van der Waals surface area contributed by atoms with Crippen LogP contribution in [0.1, 0.15) is 55.8 Å². The first kappa shape index (κ1) is 19.2. The molecule has 0 unspecified atom stereocenters. The van der Waals surface area contributed by atoms with Crippen LogP contribution in [0.15, 0.2) is 18.2 Å². The van der Waals surface area contributed by atoms with E-state index in [-0.39, 0.29) is 22.6 Å². The highest BCUT2D eigenvalue weighted by molar-refractivity contribution is 5.96. The Morgan fingerprint density at radius 2 is 1.89 bits per heavy atom. The van der Waals surface area contributed by atoms with Gasteiger partial charge in [0, 0.05) is 49.9 Å². The van der Waals surface area contributed by atoms with E-state index in [0.29, 0.717) is 17.2 Å².